The van der Waals surface area contributed by atoms with Gasteiger partial charge in [-0.3, -0.25) is 0 Å². The summed E-state index contributed by atoms with van der Waals surface area (Å²) in [6.45, 7) is 8.00. The summed E-state index contributed by atoms with van der Waals surface area (Å²) in [5.74, 6) is 1.75. The van der Waals surface area contributed by atoms with Crippen molar-refractivity contribution in [2.75, 3.05) is 20.0 Å². The number of nitrogen functional groups attached to an aromatic ring is 1. The Morgan fingerprint density at radius 3 is 2.00 bits per heavy atom. The number of anilines is 1. The van der Waals surface area contributed by atoms with E-state index in [1.165, 1.54) is 6.33 Å². The number of methoxy groups -OCH3 is 2. The maximum absolute atomic E-state index is 5.98. The molecule has 0 unspecified atom stereocenters. The second kappa shape index (κ2) is 9.46. The molecule has 0 spiro atoms. The predicted octanol–water partition coefficient (Wildman–Crippen LogP) is 3.68. The summed E-state index contributed by atoms with van der Waals surface area (Å²) in [6.07, 6.45) is 1.43. The van der Waals surface area contributed by atoms with E-state index in [0.29, 0.717) is 28.7 Å². The molecule has 3 aromatic rings. The smallest absolute Gasteiger partial charge is 0.163 e. The molecule has 0 saturated carbocycles. The van der Waals surface area contributed by atoms with Crippen LogP contribution in [0.2, 0.25) is 0 Å². The third kappa shape index (κ3) is 4.17. The lowest BCUT2D eigenvalue weighted by Gasteiger charge is -2.07. The van der Waals surface area contributed by atoms with E-state index < -0.39 is 0 Å². The van der Waals surface area contributed by atoms with E-state index in [2.05, 4.69) is 15.1 Å². The average Bonchev–Trinajstić information content (AvgIpc) is 3.03. The van der Waals surface area contributed by atoms with Crippen LogP contribution in [0.15, 0.2) is 24.5 Å². The minimum absolute atomic E-state index is 0.393. The number of benzene rings is 1. The molecule has 1 aromatic carbocycles. The Kier molecular flexibility index (Phi) is 7.65. The summed E-state index contributed by atoms with van der Waals surface area (Å²) in [5, 5.41) is 5.21. The molecule has 0 aliphatic rings. The molecule has 0 aliphatic heterocycles. The largest absolute Gasteiger partial charge is 0.497 e. The van der Waals surface area contributed by atoms with Gasteiger partial charge in [0, 0.05) is 18.7 Å². The maximum atomic E-state index is 5.98. The minimum atomic E-state index is 0.393. The number of nitrogens with two attached hydrogens (primary N) is 1. The SMILES string of the molecule is CC.CC.COc1cc(OC)cc(-c2nn(C)c3ncnc(N)c23)c1. The van der Waals surface area contributed by atoms with Crippen molar-refractivity contribution in [1.29, 1.82) is 0 Å². The van der Waals surface area contributed by atoms with Crippen molar-refractivity contribution in [3.8, 4) is 22.8 Å². The Morgan fingerprint density at radius 1 is 0.920 bits per heavy atom. The summed E-state index contributed by atoms with van der Waals surface area (Å²) in [7, 11) is 5.02. The predicted molar refractivity (Wildman–Crippen MR) is 102 cm³/mol. The van der Waals surface area contributed by atoms with Crippen molar-refractivity contribution in [2.24, 2.45) is 7.05 Å². The summed E-state index contributed by atoms with van der Waals surface area (Å²) in [4.78, 5) is 8.26. The Labute approximate surface area is 148 Å². The third-order valence-corrected chi connectivity index (χ3v) is 3.27. The van der Waals surface area contributed by atoms with Crippen molar-refractivity contribution in [2.45, 2.75) is 27.7 Å². The highest BCUT2D eigenvalue weighted by Crippen LogP contribution is 2.34. The van der Waals surface area contributed by atoms with Crippen LogP contribution in [0, 0.1) is 0 Å². The molecule has 0 radical (unpaired) electrons. The van der Waals surface area contributed by atoms with Crippen LogP contribution in [0.5, 0.6) is 11.5 Å². The van der Waals surface area contributed by atoms with Crippen molar-refractivity contribution in [1.82, 2.24) is 19.7 Å². The quantitative estimate of drug-likeness (QED) is 0.779. The number of hydrogen-bond donors (Lipinski definition) is 1. The van der Waals surface area contributed by atoms with E-state index in [1.807, 2.05) is 46.9 Å². The number of aryl methyl sites for hydroxylation is 1. The zero-order chi connectivity index (χ0) is 19.0. The van der Waals surface area contributed by atoms with Crippen LogP contribution in [0.3, 0.4) is 0 Å². The van der Waals surface area contributed by atoms with Gasteiger partial charge in [-0.05, 0) is 12.1 Å². The lowest BCUT2D eigenvalue weighted by Crippen LogP contribution is -1.95. The Bertz CT molecular complexity index is 792. The van der Waals surface area contributed by atoms with Crippen LogP contribution in [0.4, 0.5) is 5.82 Å². The highest BCUT2D eigenvalue weighted by Gasteiger charge is 2.16. The molecule has 136 valence electrons. The van der Waals surface area contributed by atoms with Gasteiger partial charge < -0.3 is 15.2 Å². The standard InChI is InChI=1S/C14H15N5O2.2C2H6/c1-19-14-11(13(15)16-7-17-14)12(18-19)8-4-9(20-2)6-10(5-8)21-3;2*1-2/h4-7H,1-3H3,(H2,15,16,17);2*1-2H3. The lowest BCUT2D eigenvalue weighted by molar-refractivity contribution is 0.394. The molecule has 2 N–H and O–H groups in total. The minimum Gasteiger partial charge on any atom is -0.497 e. The number of fused-ring (bicyclic) bond motifs is 1. The Hall–Kier alpha value is -2.83. The van der Waals surface area contributed by atoms with E-state index in [0.717, 1.165) is 10.9 Å². The molecule has 25 heavy (non-hydrogen) atoms. The molecule has 0 saturated heterocycles. The fraction of sp³-hybridized carbons (Fsp3) is 0.389. The number of nitrogens with zero attached hydrogens (tertiary/aromatic N) is 4. The third-order valence-electron chi connectivity index (χ3n) is 3.27. The van der Waals surface area contributed by atoms with Gasteiger partial charge in [0.1, 0.15) is 29.3 Å². The molecule has 7 nitrogen and oxygen atoms in total. The van der Waals surface area contributed by atoms with Crippen molar-refractivity contribution in [3.63, 3.8) is 0 Å². The Balaban J connectivity index is 0.000000730. The van der Waals surface area contributed by atoms with Gasteiger partial charge in [0.2, 0.25) is 0 Å². The first kappa shape index (κ1) is 20.2. The van der Waals surface area contributed by atoms with Gasteiger partial charge >= 0.3 is 0 Å². The van der Waals surface area contributed by atoms with E-state index in [1.54, 1.807) is 25.0 Å². The molecule has 0 fully saturated rings. The summed E-state index contributed by atoms with van der Waals surface area (Å²) in [5.41, 5.74) is 8.19. The van der Waals surface area contributed by atoms with E-state index >= 15 is 0 Å². The number of aromatic nitrogens is 4. The van der Waals surface area contributed by atoms with Crippen LogP contribution in [0.1, 0.15) is 27.7 Å². The molecular formula is C18H27N5O2. The zero-order valence-electron chi connectivity index (χ0n) is 16.0. The molecule has 7 heteroatoms. The highest BCUT2D eigenvalue weighted by atomic mass is 16.5. The first-order valence-corrected chi connectivity index (χ1v) is 8.30. The van der Waals surface area contributed by atoms with Crippen LogP contribution >= 0.6 is 0 Å². The first-order valence-electron chi connectivity index (χ1n) is 8.30. The van der Waals surface area contributed by atoms with Gasteiger partial charge in [-0.1, -0.05) is 27.7 Å². The van der Waals surface area contributed by atoms with Gasteiger partial charge in [0.25, 0.3) is 0 Å². The molecule has 0 atom stereocenters. The second-order valence-electron chi connectivity index (χ2n) is 4.53. The van der Waals surface area contributed by atoms with Gasteiger partial charge in [0.05, 0.1) is 19.6 Å². The van der Waals surface area contributed by atoms with Gasteiger partial charge in [-0.25, -0.2) is 14.6 Å². The first-order chi connectivity index (χ1) is 12.1. The van der Waals surface area contributed by atoms with E-state index in [-0.39, 0.29) is 0 Å². The molecule has 0 bridgehead atoms. The molecule has 2 heterocycles. The van der Waals surface area contributed by atoms with Crippen molar-refractivity contribution >= 4 is 16.9 Å². The van der Waals surface area contributed by atoms with Gasteiger partial charge in [-0.2, -0.15) is 5.10 Å². The zero-order valence-corrected chi connectivity index (χ0v) is 16.0. The second-order valence-corrected chi connectivity index (χ2v) is 4.53. The number of rotatable bonds is 3. The van der Waals surface area contributed by atoms with Crippen LogP contribution in [-0.4, -0.2) is 34.0 Å². The van der Waals surface area contributed by atoms with E-state index in [9.17, 15) is 0 Å². The van der Waals surface area contributed by atoms with Crippen LogP contribution < -0.4 is 15.2 Å². The molecule has 0 aliphatic carbocycles. The molecule has 3 rings (SSSR count). The Morgan fingerprint density at radius 2 is 1.48 bits per heavy atom. The molecular weight excluding hydrogens is 318 g/mol. The lowest BCUT2D eigenvalue weighted by atomic mass is 10.1. The summed E-state index contributed by atoms with van der Waals surface area (Å²) in [6, 6.07) is 5.54. The normalized spacial score (nSPS) is 9.56. The summed E-state index contributed by atoms with van der Waals surface area (Å²) < 4.78 is 12.3. The number of hydrogen-bond acceptors (Lipinski definition) is 6. The van der Waals surface area contributed by atoms with Crippen LogP contribution in [0.25, 0.3) is 22.3 Å². The van der Waals surface area contributed by atoms with Gasteiger partial charge in [-0.15, -0.1) is 0 Å². The van der Waals surface area contributed by atoms with Gasteiger partial charge in [0.15, 0.2) is 5.65 Å². The summed E-state index contributed by atoms with van der Waals surface area (Å²) >= 11 is 0. The average molecular weight is 345 g/mol. The monoisotopic (exact) mass is 345 g/mol. The molecule has 2 aromatic heterocycles. The van der Waals surface area contributed by atoms with E-state index in [4.69, 9.17) is 15.2 Å². The van der Waals surface area contributed by atoms with Crippen LogP contribution in [-0.2, 0) is 7.05 Å². The topological polar surface area (TPSA) is 88.1 Å². The number of ether oxygens (including phenoxy) is 2. The maximum Gasteiger partial charge on any atom is 0.163 e. The highest BCUT2D eigenvalue weighted by molar-refractivity contribution is 5.98. The van der Waals surface area contributed by atoms with Crippen molar-refractivity contribution < 1.29 is 9.47 Å². The van der Waals surface area contributed by atoms with Crippen molar-refractivity contribution in [3.05, 3.63) is 24.5 Å². The molecule has 0 amide bonds. The fourth-order valence-electron chi connectivity index (χ4n) is 2.26. The fourth-order valence-corrected chi connectivity index (χ4v) is 2.26.